The van der Waals surface area contributed by atoms with E-state index in [4.69, 9.17) is 21.3 Å². The van der Waals surface area contributed by atoms with Gasteiger partial charge in [-0.25, -0.2) is 14.1 Å². The van der Waals surface area contributed by atoms with Crippen LogP contribution in [0, 0.1) is 5.82 Å². The molecule has 34 heavy (non-hydrogen) atoms. The van der Waals surface area contributed by atoms with Crippen LogP contribution in [0.5, 0.6) is 0 Å². The topological polar surface area (TPSA) is 95.2 Å². The quantitative estimate of drug-likeness (QED) is 0.388. The van der Waals surface area contributed by atoms with Crippen molar-refractivity contribution in [3.8, 4) is 11.3 Å². The number of halogens is 2. The van der Waals surface area contributed by atoms with Crippen LogP contribution in [0.1, 0.15) is 18.2 Å². The summed E-state index contributed by atoms with van der Waals surface area (Å²) in [5.41, 5.74) is 4.80. The number of nitrogens with zero attached hydrogens (tertiary/aromatic N) is 6. The molecule has 5 rings (SSSR count). The van der Waals surface area contributed by atoms with Gasteiger partial charge in [-0.15, -0.1) is 5.10 Å². The zero-order chi connectivity index (χ0) is 23.7. The maximum Gasteiger partial charge on any atom is 0.327 e. The van der Waals surface area contributed by atoms with Crippen LogP contribution < -0.4 is 0 Å². The van der Waals surface area contributed by atoms with Gasteiger partial charge in [-0.3, -0.25) is 14.8 Å². The average molecular weight is 477 g/mol. The Hall–Kier alpha value is -3.98. The van der Waals surface area contributed by atoms with Crippen molar-refractivity contribution in [2.45, 2.75) is 13.5 Å². The number of benzene rings is 1. The molecule has 0 aliphatic carbocycles. The van der Waals surface area contributed by atoms with Crippen molar-refractivity contribution in [3.63, 3.8) is 0 Å². The van der Waals surface area contributed by atoms with E-state index in [0.717, 1.165) is 5.57 Å². The van der Waals surface area contributed by atoms with E-state index in [1.165, 1.54) is 16.8 Å². The molecule has 1 aliphatic rings. The number of esters is 1. The van der Waals surface area contributed by atoms with Crippen molar-refractivity contribution >= 4 is 39.9 Å². The van der Waals surface area contributed by atoms with E-state index >= 15 is 0 Å². The first-order valence-corrected chi connectivity index (χ1v) is 10.9. The number of allylic oxidation sites excluding steroid dienone is 1. The monoisotopic (exact) mass is 476 g/mol. The highest BCUT2D eigenvalue weighted by atomic mass is 35.5. The fourth-order valence-corrected chi connectivity index (χ4v) is 3.86. The lowest BCUT2D eigenvalue weighted by Gasteiger charge is -2.10. The Balaban J connectivity index is 1.46. The van der Waals surface area contributed by atoms with Gasteiger partial charge in [0.05, 0.1) is 41.8 Å². The minimum absolute atomic E-state index is 0.0272. The molecule has 0 atom stereocenters. The summed E-state index contributed by atoms with van der Waals surface area (Å²) >= 11 is 6.08. The van der Waals surface area contributed by atoms with Crippen LogP contribution >= 0.6 is 11.6 Å². The van der Waals surface area contributed by atoms with Crippen molar-refractivity contribution in [3.05, 3.63) is 77.0 Å². The summed E-state index contributed by atoms with van der Waals surface area (Å²) in [6.45, 7) is 2.45. The molecule has 0 radical (unpaired) electrons. The molecule has 0 amide bonds. The first-order chi connectivity index (χ1) is 16.5. The molecule has 10 heteroatoms. The molecule has 4 heterocycles. The predicted molar refractivity (Wildman–Crippen MR) is 126 cm³/mol. The van der Waals surface area contributed by atoms with E-state index in [2.05, 4.69) is 20.3 Å². The van der Waals surface area contributed by atoms with Crippen LogP contribution in [-0.2, 0) is 16.1 Å². The fourth-order valence-electron chi connectivity index (χ4n) is 3.69. The third-order valence-corrected chi connectivity index (χ3v) is 5.46. The van der Waals surface area contributed by atoms with Crippen molar-refractivity contribution < 1.29 is 13.9 Å². The number of hydrogen-bond acceptors (Lipinski definition) is 7. The van der Waals surface area contributed by atoms with Crippen molar-refractivity contribution in [1.82, 2.24) is 25.0 Å². The zero-order valence-electron chi connectivity index (χ0n) is 18.1. The molecule has 8 nitrogen and oxygen atoms in total. The molecule has 1 aromatic carbocycles. The van der Waals surface area contributed by atoms with Crippen molar-refractivity contribution in [2.75, 3.05) is 13.2 Å². The molecule has 1 aliphatic heterocycles. The van der Waals surface area contributed by atoms with Gasteiger partial charge < -0.3 is 4.74 Å². The number of ether oxygens (including phenoxy) is 1. The van der Waals surface area contributed by atoms with E-state index < -0.39 is 5.82 Å². The summed E-state index contributed by atoms with van der Waals surface area (Å²) in [5, 5.41) is 8.54. The van der Waals surface area contributed by atoms with Crippen LogP contribution in [0.15, 0.2) is 59.9 Å². The first-order valence-electron chi connectivity index (χ1n) is 10.6. The molecule has 0 spiro atoms. The Bertz CT molecular complexity index is 1480. The number of aliphatic imine (C=N–C) groups is 1. The zero-order valence-corrected chi connectivity index (χ0v) is 18.8. The summed E-state index contributed by atoms with van der Waals surface area (Å²) in [5.74, 6) is -0.785. The summed E-state index contributed by atoms with van der Waals surface area (Å²) in [7, 11) is 0. The van der Waals surface area contributed by atoms with E-state index in [9.17, 15) is 9.18 Å². The van der Waals surface area contributed by atoms with Crippen LogP contribution in [0.3, 0.4) is 0 Å². The lowest BCUT2D eigenvalue weighted by atomic mass is 9.99. The van der Waals surface area contributed by atoms with Crippen molar-refractivity contribution in [1.29, 1.82) is 0 Å². The Kier molecular flexibility index (Phi) is 5.85. The highest BCUT2D eigenvalue weighted by Crippen LogP contribution is 2.28. The SMILES string of the molecule is CCOC(=O)Cn1cc(-c2cnc3ccc(C4=CCN=C4c4cc(Cl)ccc4F)nc3c2)nn1. The molecular weight excluding hydrogens is 459 g/mol. The number of fused-ring (bicyclic) bond motifs is 1. The van der Waals surface area contributed by atoms with Gasteiger partial charge >= 0.3 is 5.97 Å². The standard InChI is InChI=1S/C24H18ClFN6O2/c1-2-34-23(33)13-32-12-22(30-31-32)14-9-21-20(28-11-14)6-5-19(29-21)16-7-8-27-24(16)17-10-15(25)3-4-18(17)26/h3-7,9-12H,2,8,13H2,1H3. The minimum Gasteiger partial charge on any atom is -0.465 e. The Morgan fingerprint density at radius 2 is 2.06 bits per heavy atom. The summed E-state index contributed by atoms with van der Waals surface area (Å²) < 4.78 is 20.8. The second kappa shape index (κ2) is 9.11. The maximum absolute atomic E-state index is 14.5. The molecule has 3 aromatic heterocycles. The smallest absolute Gasteiger partial charge is 0.327 e. The van der Waals surface area contributed by atoms with Gasteiger partial charge in [0.2, 0.25) is 0 Å². The van der Waals surface area contributed by atoms with Gasteiger partial charge in [0, 0.05) is 27.9 Å². The van der Waals surface area contributed by atoms with Gasteiger partial charge in [-0.2, -0.15) is 0 Å². The number of carbonyl (C=O) groups excluding carboxylic acids is 1. The Labute approximate surface area is 198 Å². The summed E-state index contributed by atoms with van der Waals surface area (Å²) in [4.78, 5) is 25.4. The third kappa shape index (κ3) is 4.29. The average Bonchev–Trinajstić information content (AvgIpc) is 3.50. The maximum atomic E-state index is 14.5. The summed E-state index contributed by atoms with van der Waals surface area (Å²) in [6.07, 6.45) is 5.23. The van der Waals surface area contributed by atoms with Gasteiger partial charge in [-0.05, 0) is 43.3 Å². The van der Waals surface area contributed by atoms with Crippen LogP contribution in [0.2, 0.25) is 5.02 Å². The molecule has 4 aromatic rings. The van der Waals surface area contributed by atoms with Crippen LogP contribution in [0.4, 0.5) is 4.39 Å². The number of rotatable bonds is 6. The number of hydrogen-bond donors (Lipinski definition) is 0. The molecule has 0 N–H and O–H groups in total. The molecule has 0 saturated heterocycles. The number of aromatic nitrogens is 5. The summed E-state index contributed by atoms with van der Waals surface area (Å²) in [6, 6.07) is 9.93. The third-order valence-electron chi connectivity index (χ3n) is 5.23. The first kappa shape index (κ1) is 21.8. The molecule has 0 bridgehead atoms. The predicted octanol–water partition coefficient (Wildman–Crippen LogP) is 4.13. The number of carbonyl (C=O) groups is 1. The molecule has 170 valence electrons. The Morgan fingerprint density at radius 3 is 2.91 bits per heavy atom. The lowest BCUT2D eigenvalue weighted by Crippen LogP contribution is -2.13. The highest BCUT2D eigenvalue weighted by Gasteiger charge is 2.21. The second-order valence-corrected chi connectivity index (χ2v) is 7.93. The highest BCUT2D eigenvalue weighted by molar-refractivity contribution is 6.35. The lowest BCUT2D eigenvalue weighted by molar-refractivity contribution is -0.144. The second-order valence-electron chi connectivity index (χ2n) is 7.50. The van der Waals surface area contributed by atoms with Gasteiger partial charge in [0.25, 0.3) is 0 Å². The fraction of sp³-hybridized carbons (Fsp3) is 0.167. The van der Waals surface area contributed by atoms with Gasteiger partial charge in [0.1, 0.15) is 18.1 Å². The minimum atomic E-state index is -0.397. The largest absolute Gasteiger partial charge is 0.465 e. The molecule has 0 unspecified atom stereocenters. The number of pyridine rings is 2. The van der Waals surface area contributed by atoms with E-state index in [0.29, 0.717) is 57.4 Å². The Morgan fingerprint density at radius 1 is 1.18 bits per heavy atom. The van der Waals surface area contributed by atoms with E-state index in [1.54, 1.807) is 25.4 Å². The van der Waals surface area contributed by atoms with Crippen LogP contribution in [-0.4, -0.2) is 49.8 Å². The van der Waals surface area contributed by atoms with Gasteiger partial charge in [0.15, 0.2) is 0 Å². The van der Waals surface area contributed by atoms with Crippen molar-refractivity contribution in [2.24, 2.45) is 4.99 Å². The van der Waals surface area contributed by atoms with E-state index in [-0.39, 0.29) is 12.5 Å². The molecule has 0 saturated carbocycles. The van der Waals surface area contributed by atoms with Crippen LogP contribution in [0.25, 0.3) is 27.9 Å². The normalized spacial score (nSPS) is 13.1. The van der Waals surface area contributed by atoms with E-state index in [1.807, 2.05) is 24.3 Å². The van der Waals surface area contributed by atoms with Gasteiger partial charge in [-0.1, -0.05) is 22.9 Å². The molecule has 0 fully saturated rings. The molecular formula is C24H18ClFN6O2.